The summed E-state index contributed by atoms with van der Waals surface area (Å²) in [6.45, 7) is 4.40. The summed E-state index contributed by atoms with van der Waals surface area (Å²) in [6.07, 6.45) is 0.652. The lowest BCUT2D eigenvalue weighted by molar-refractivity contribution is 0.572. The Balaban J connectivity index is 2.50. The second-order valence-corrected chi connectivity index (χ2v) is 6.67. The molecule has 0 amide bonds. The van der Waals surface area contributed by atoms with Gasteiger partial charge in [-0.3, -0.25) is 0 Å². The zero-order valence-corrected chi connectivity index (χ0v) is 12.2. The molecule has 0 heterocycles. The second kappa shape index (κ2) is 7.27. The van der Waals surface area contributed by atoms with E-state index in [2.05, 4.69) is 10.8 Å². The summed E-state index contributed by atoms with van der Waals surface area (Å²) in [5.74, 6) is 0.145. The first kappa shape index (κ1) is 15.7. The summed E-state index contributed by atoms with van der Waals surface area (Å²) in [5.41, 5.74) is 2.29. The SMILES string of the molecule is Cc1cccc(C(C)CNS(=O)(=O)CCCC#N)c1. The maximum absolute atomic E-state index is 11.7. The van der Waals surface area contributed by atoms with E-state index in [0.29, 0.717) is 13.0 Å². The third-order valence-corrected chi connectivity index (χ3v) is 4.35. The fraction of sp³-hybridized carbons (Fsp3) is 0.500. The molecule has 0 spiro atoms. The highest BCUT2D eigenvalue weighted by atomic mass is 32.2. The van der Waals surface area contributed by atoms with Gasteiger partial charge in [0.2, 0.25) is 10.0 Å². The largest absolute Gasteiger partial charge is 0.215 e. The summed E-state index contributed by atoms with van der Waals surface area (Å²) in [5, 5.41) is 8.39. The zero-order valence-electron chi connectivity index (χ0n) is 11.4. The topological polar surface area (TPSA) is 70.0 Å². The smallest absolute Gasteiger partial charge is 0.211 e. The van der Waals surface area contributed by atoms with Gasteiger partial charge in [0.05, 0.1) is 11.8 Å². The molecule has 0 aliphatic carbocycles. The summed E-state index contributed by atoms with van der Waals surface area (Å²) in [7, 11) is -3.27. The van der Waals surface area contributed by atoms with Crippen LogP contribution in [0.3, 0.4) is 0 Å². The van der Waals surface area contributed by atoms with Crippen molar-refractivity contribution in [2.24, 2.45) is 0 Å². The van der Waals surface area contributed by atoms with Crippen LogP contribution < -0.4 is 4.72 Å². The summed E-state index contributed by atoms with van der Waals surface area (Å²) < 4.78 is 26.0. The lowest BCUT2D eigenvalue weighted by Crippen LogP contribution is -2.29. The monoisotopic (exact) mass is 280 g/mol. The van der Waals surface area contributed by atoms with E-state index in [0.717, 1.165) is 5.56 Å². The van der Waals surface area contributed by atoms with Gasteiger partial charge in [0.1, 0.15) is 0 Å². The highest BCUT2D eigenvalue weighted by Gasteiger charge is 2.12. The van der Waals surface area contributed by atoms with Crippen LogP contribution in [0, 0.1) is 18.3 Å². The predicted molar refractivity (Wildman–Crippen MR) is 76.2 cm³/mol. The van der Waals surface area contributed by atoms with E-state index in [1.807, 2.05) is 38.1 Å². The van der Waals surface area contributed by atoms with E-state index in [9.17, 15) is 8.42 Å². The summed E-state index contributed by atoms with van der Waals surface area (Å²) >= 11 is 0. The van der Waals surface area contributed by atoms with E-state index in [1.54, 1.807) is 0 Å². The molecule has 104 valence electrons. The summed E-state index contributed by atoms with van der Waals surface area (Å²) in [6, 6.07) is 10.0. The second-order valence-electron chi connectivity index (χ2n) is 4.74. The molecule has 0 saturated carbocycles. The molecule has 4 nitrogen and oxygen atoms in total. The Morgan fingerprint density at radius 1 is 1.42 bits per heavy atom. The number of nitriles is 1. The van der Waals surface area contributed by atoms with Gasteiger partial charge < -0.3 is 0 Å². The molecule has 0 aromatic heterocycles. The van der Waals surface area contributed by atoms with Gasteiger partial charge in [-0.2, -0.15) is 5.26 Å². The molecule has 1 aromatic rings. The van der Waals surface area contributed by atoms with Crippen LogP contribution in [-0.4, -0.2) is 20.7 Å². The molecule has 19 heavy (non-hydrogen) atoms. The standard InChI is InChI=1S/C14H20N2O2S/c1-12-6-5-7-14(10-12)13(2)11-16-19(17,18)9-4-3-8-15/h5-7,10,13,16H,3-4,9,11H2,1-2H3. The number of nitrogens with zero attached hydrogens (tertiary/aromatic N) is 1. The van der Waals surface area contributed by atoms with Crippen LogP contribution in [0.25, 0.3) is 0 Å². The molecule has 0 fully saturated rings. The average molecular weight is 280 g/mol. The number of benzene rings is 1. The number of sulfonamides is 1. The lowest BCUT2D eigenvalue weighted by atomic mass is 10.00. The molecule has 0 saturated heterocycles. The molecule has 0 bridgehead atoms. The van der Waals surface area contributed by atoms with Crippen molar-refractivity contribution in [1.82, 2.24) is 4.72 Å². The number of unbranched alkanes of at least 4 members (excludes halogenated alkanes) is 1. The van der Waals surface area contributed by atoms with Gasteiger partial charge in [-0.05, 0) is 24.8 Å². The quantitative estimate of drug-likeness (QED) is 0.779. The van der Waals surface area contributed by atoms with Crippen LogP contribution in [-0.2, 0) is 10.0 Å². The fourth-order valence-corrected chi connectivity index (χ4v) is 2.93. The van der Waals surface area contributed by atoms with Crippen molar-refractivity contribution in [2.75, 3.05) is 12.3 Å². The molecule has 0 aliphatic rings. The molecular weight excluding hydrogens is 260 g/mol. The van der Waals surface area contributed by atoms with E-state index in [1.165, 1.54) is 5.56 Å². The van der Waals surface area contributed by atoms with Gasteiger partial charge in [0.15, 0.2) is 0 Å². The number of nitrogens with one attached hydrogen (secondary N) is 1. The zero-order chi connectivity index (χ0) is 14.3. The van der Waals surface area contributed by atoms with Crippen LogP contribution in [0.15, 0.2) is 24.3 Å². The molecular formula is C14H20N2O2S. The molecule has 1 unspecified atom stereocenters. The minimum Gasteiger partial charge on any atom is -0.215 e. The van der Waals surface area contributed by atoms with Gasteiger partial charge >= 0.3 is 0 Å². The van der Waals surface area contributed by atoms with Crippen molar-refractivity contribution in [3.05, 3.63) is 35.4 Å². The molecule has 1 N–H and O–H groups in total. The minimum absolute atomic E-state index is 0.0150. The summed E-state index contributed by atoms with van der Waals surface area (Å²) in [4.78, 5) is 0. The Labute approximate surface area is 115 Å². The predicted octanol–water partition coefficient (Wildman–Crippen LogP) is 2.32. The van der Waals surface area contributed by atoms with Gasteiger partial charge in [0.25, 0.3) is 0 Å². The minimum atomic E-state index is -3.27. The Morgan fingerprint density at radius 2 is 2.16 bits per heavy atom. The van der Waals surface area contributed by atoms with Crippen LogP contribution in [0.1, 0.15) is 36.8 Å². The highest BCUT2D eigenvalue weighted by molar-refractivity contribution is 7.89. The van der Waals surface area contributed by atoms with Crippen LogP contribution in [0.2, 0.25) is 0 Å². The maximum Gasteiger partial charge on any atom is 0.211 e. The Hall–Kier alpha value is -1.38. The van der Waals surface area contributed by atoms with Crippen molar-refractivity contribution < 1.29 is 8.42 Å². The van der Waals surface area contributed by atoms with Gasteiger partial charge in [0, 0.05) is 13.0 Å². The Bertz CT molecular complexity index is 547. The number of hydrogen-bond donors (Lipinski definition) is 1. The van der Waals surface area contributed by atoms with Crippen LogP contribution in [0.4, 0.5) is 0 Å². The maximum atomic E-state index is 11.7. The van der Waals surface area contributed by atoms with Gasteiger partial charge in [-0.25, -0.2) is 13.1 Å². The Morgan fingerprint density at radius 3 is 2.79 bits per heavy atom. The van der Waals surface area contributed by atoms with E-state index in [4.69, 9.17) is 5.26 Å². The molecule has 1 rings (SSSR count). The van der Waals surface area contributed by atoms with E-state index < -0.39 is 10.0 Å². The molecule has 5 heteroatoms. The first-order valence-electron chi connectivity index (χ1n) is 6.35. The van der Waals surface area contributed by atoms with Crippen molar-refractivity contribution in [3.8, 4) is 6.07 Å². The van der Waals surface area contributed by atoms with E-state index >= 15 is 0 Å². The molecule has 1 atom stereocenters. The number of hydrogen-bond acceptors (Lipinski definition) is 3. The normalized spacial score (nSPS) is 12.9. The third kappa shape index (κ3) is 5.86. The molecule has 0 aliphatic heterocycles. The van der Waals surface area contributed by atoms with Crippen molar-refractivity contribution in [3.63, 3.8) is 0 Å². The lowest BCUT2D eigenvalue weighted by Gasteiger charge is -2.13. The first-order valence-corrected chi connectivity index (χ1v) is 8.00. The van der Waals surface area contributed by atoms with Crippen molar-refractivity contribution in [2.45, 2.75) is 32.6 Å². The third-order valence-electron chi connectivity index (χ3n) is 2.92. The number of rotatable bonds is 7. The average Bonchev–Trinajstić information content (AvgIpc) is 2.36. The Kier molecular flexibility index (Phi) is 6.00. The van der Waals surface area contributed by atoms with Crippen molar-refractivity contribution >= 4 is 10.0 Å². The molecule has 0 radical (unpaired) electrons. The fourth-order valence-electron chi connectivity index (χ4n) is 1.76. The first-order chi connectivity index (χ1) is 8.94. The van der Waals surface area contributed by atoms with E-state index in [-0.39, 0.29) is 18.1 Å². The van der Waals surface area contributed by atoms with Crippen LogP contribution >= 0.6 is 0 Å². The van der Waals surface area contributed by atoms with Gasteiger partial charge in [-0.15, -0.1) is 0 Å². The highest BCUT2D eigenvalue weighted by Crippen LogP contribution is 2.15. The number of aryl methyl sites for hydroxylation is 1. The molecule has 1 aromatic carbocycles. The van der Waals surface area contributed by atoms with Crippen LogP contribution in [0.5, 0.6) is 0 Å². The van der Waals surface area contributed by atoms with Crippen molar-refractivity contribution in [1.29, 1.82) is 5.26 Å². The van der Waals surface area contributed by atoms with Gasteiger partial charge in [-0.1, -0.05) is 36.8 Å².